The molecule has 1 saturated heterocycles. The van der Waals surface area contributed by atoms with Gasteiger partial charge in [0.15, 0.2) is 5.82 Å². The number of nitrogens with zero attached hydrogens (tertiary/aromatic N) is 3. The smallest absolute Gasteiger partial charge is 0.158 e. The molecule has 1 aromatic heterocycles. The van der Waals surface area contributed by atoms with Crippen LogP contribution in [-0.4, -0.2) is 39.9 Å². The summed E-state index contributed by atoms with van der Waals surface area (Å²) in [4.78, 5) is 12.2. The van der Waals surface area contributed by atoms with Gasteiger partial charge in [-0.1, -0.05) is 29.4 Å². The third-order valence-corrected chi connectivity index (χ3v) is 12.7. The Bertz CT molecular complexity index is 1030. The number of halogens is 1. The molecule has 0 radical (unpaired) electrons. The Kier molecular flexibility index (Phi) is 5.53. The van der Waals surface area contributed by atoms with E-state index in [4.69, 9.17) is 23.1 Å². The number of rotatable bonds is 6. The van der Waals surface area contributed by atoms with Gasteiger partial charge >= 0.3 is 0 Å². The molecule has 1 aliphatic heterocycles. The summed E-state index contributed by atoms with van der Waals surface area (Å²) in [6, 6.07) is 5.86. The van der Waals surface area contributed by atoms with Gasteiger partial charge in [0.1, 0.15) is 18.0 Å². The summed E-state index contributed by atoms with van der Waals surface area (Å²) in [5.74, 6) is 1.17. The highest BCUT2D eigenvalue weighted by molar-refractivity contribution is 7.99. The number of nitrogens with two attached hydrogens (primary N) is 2. The van der Waals surface area contributed by atoms with E-state index in [0.717, 1.165) is 67.6 Å². The molecule has 2 aliphatic carbocycles. The molecule has 0 atom stereocenters. The van der Waals surface area contributed by atoms with Crippen LogP contribution >= 0.6 is 30.5 Å². The minimum absolute atomic E-state index is 0.118. The summed E-state index contributed by atoms with van der Waals surface area (Å²) in [6.07, 6.45) is 7.82. The second kappa shape index (κ2) is 7.95. The molecule has 5 rings (SSSR count). The van der Waals surface area contributed by atoms with E-state index in [0.29, 0.717) is 27.2 Å². The molecule has 9 heteroatoms. The highest BCUT2D eigenvalue weighted by atomic mass is 35.5. The van der Waals surface area contributed by atoms with Crippen LogP contribution in [0, 0.1) is 0 Å². The van der Waals surface area contributed by atoms with E-state index in [1.807, 2.05) is 18.2 Å². The minimum atomic E-state index is -2.44. The van der Waals surface area contributed by atoms with Crippen molar-refractivity contribution in [1.82, 2.24) is 9.97 Å². The molecule has 6 nitrogen and oxygen atoms in total. The average molecular weight is 478 g/mol. The van der Waals surface area contributed by atoms with Gasteiger partial charge in [-0.3, -0.25) is 0 Å². The molecule has 2 saturated carbocycles. The summed E-state index contributed by atoms with van der Waals surface area (Å²) in [6.45, 7) is 3.78. The van der Waals surface area contributed by atoms with Crippen molar-refractivity contribution >= 4 is 47.4 Å². The lowest BCUT2D eigenvalue weighted by molar-refractivity contribution is 0.363. The van der Waals surface area contributed by atoms with Crippen LogP contribution in [0.1, 0.15) is 45.4 Å². The van der Waals surface area contributed by atoms with Gasteiger partial charge in [0, 0.05) is 40.1 Å². The van der Waals surface area contributed by atoms with Crippen LogP contribution in [0.5, 0.6) is 0 Å². The molecule has 4 N–H and O–H groups in total. The third kappa shape index (κ3) is 4.22. The number of anilines is 2. The van der Waals surface area contributed by atoms with Crippen LogP contribution in [0.4, 0.5) is 11.6 Å². The van der Waals surface area contributed by atoms with Crippen LogP contribution in [-0.2, 0) is 4.57 Å². The van der Waals surface area contributed by atoms with Crippen molar-refractivity contribution in [3.05, 3.63) is 29.4 Å². The van der Waals surface area contributed by atoms with E-state index in [9.17, 15) is 4.57 Å². The SMILES string of the molecule is CC1(N)CCN(c2cnc(Sc3cccc(P(=O)(C4CC4)C4CC4)c3Cl)c(N)n2)CC1. The van der Waals surface area contributed by atoms with Gasteiger partial charge in [0.05, 0.1) is 11.2 Å². The highest BCUT2D eigenvalue weighted by Crippen LogP contribution is 2.70. The minimum Gasteiger partial charge on any atom is -0.381 e. The van der Waals surface area contributed by atoms with Crippen molar-refractivity contribution in [2.24, 2.45) is 5.73 Å². The molecule has 0 bridgehead atoms. The number of nitrogen functional groups attached to an aromatic ring is 1. The topological polar surface area (TPSA) is 98.1 Å². The third-order valence-electron chi connectivity index (χ3n) is 6.69. The van der Waals surface area contributed by atoms with Gasteiger partial charge in [0.25, 0.3) is 0 Å². The molecule has 1 aromatic carbocycles. The van der Waals surface area contributed by atoms with Gasteiger partial charge in [-0.05, 0) is 57.6 Å². The number of aromatic nitrogens is 2. The van der Waals surface area contributed by atoms with Crippen molar-refractivity contribution < 1.29 is 4.57 Å². The van der Waals surface area contributed by atoms with Gasteiger partial charge in [-0.2, -0.15) is 0 Å². The van der Waals surface area contributed by atoms with Crippen molar-refractivity contribution in [2.45, 2.75) is 72.2 Å². The molecule has 2 heterocycles. The Morgan fingerprint density at radius 2 is 1.84 bits per heavy atom. The largest absolute Gasteiger partial charge is 0.381 e. The first-order valence-corrected chi connectivity index (χ1v) is 14.0. The summed E-state index contributed by atoms with van der Waals surface area (Å²) in [5.41, 5.74) is 13.0. The Hall–Kier alpha value is -1.27. The first-order chi connectivity index (χ1) is 14.8. The molecule has 2 aromatic rings. The predicted octanol–water partition coefficient (Wildman–Crippen LogP) is 4.49. The van der Waals surface area contributed by atoms with Gasteiger partial charge in [0.2, 0.25) is 0 Å². The second-order valence-corrected chi connectivity index (χ2v) is 14.2. The average Bonchev–Trinajstić information content (AvgIpc) is 3.63. The quantitative estimate of drug-likeness (QED) is 0.591. The fourth-order valence-electron chi connectivity index (χ4n) is 4.42. The lowest BCUT2D eigenvalue weighted by Gasteiger charge is -2.37. The lowest BCUT2D eigenvalue weighted by atomic mass is 9.91. The van der Waals surface area contributed by atoms with E-state index in [1.165, 1.54) is 11.8 Å². The molecular weight excluding hydrogens is 449 g/mol. The zero-order valence-electron chi connectivity index (χ0n) is 17.8. The van der Waals surface area contributed by atoms with E-state index < -0.39 is 7.14 Å². The summed E-state index contributed by atoms with van der Waals surface area (Å²) in [5, 5.41) is 2.07. The zero-order valence-corrected chi connectivity index (χ0v) is 20.2. The van der Waals surface area contributed by atoms with Gasteiger partial charge in [-0.15, -0.1) is 0 Å². The molecule has 0 unspecified atom stereocenters. The van der Waals surface area contributed by atoms with Crippen LogP contribution in [0.25, 0.3) is 0 Å². The van der Waals surface area contributed by atoms with Gasteiger partial charge < -0.3 is 20.9 Å². The van der Waals surface area contributed by atoms with Crippen molar-refractivity contribution in [3.63, 3.8) is 0 Å². The number of hydrogen-bond donors (Lipinski definition) is 2. The van der Waals surface area contributed by atoms with E-state index in [1.54, 1.807) is 6.20 Å². The zero-order chi connectivity index (χ0) is 21.8. The fraction of sp³-hybridized carbons (Fsp3) is 0.545. The molecule has 0 spiro atoms. The van der Waals surface area contributed by atoms with Crippen LogP contribution in [0.3, 0.4) is 0 Å². The first kappa shape index (κ1) is 21.6. The molecular formula is C22H29ClN5OPS. The molecule has 0 amide bonds. The Labute approximate surface area is 192 Å². The normalized spacial score (nSPS) is 21.3. The van der Waals surface area contributed by atoms with E-state index in [-0.39, 0.29) is 5.54 Å². The van der Waals surface area contributed by atoms with Crippen LogP contribution in [0.15, 0.2) is 34.3 Å². The van der Waals surface area contributed by atoms with E-state index >= 15 is 0 Å². The Morgan fingerprint density at radius 3 is 2.42 bits per heavy atom. The maximum atomic E-state index is 13.9. The predicted molar refractivity (Wildman–Crippen MR) is 129 cm³/mol. The van der Waals surface area contributed by atoms with Crippen molar-refractivity contribution in [3.8, 4) is 0 Å². The van der Waals surface area contributed by atoms with E-state index in [2.05, 4.69) is 21.8 Å². The number of benzene rings is 1. The molecule has 3 aliphatic rings. The summed E-state index contributed by atoms with van der Waals surface area (Å²) < 4.78 is 13.9. The van der Waals surface area contributed by atoms with Crippen LogP contribution < -0.4 is 21.7 Å². The summed E-state index contributed by atoms with van der Waals surface area (Å²) in [7, 11) is -2.44. The molecule has 3 fully saturated rings. The lowest BCUT2D eigenvalue weighted by Crippen LogP contribution is -2.48. The molecule has 166 valence electrons. The van der Waals surface area contributed by atoms with Gasteiger partial charge in [-0.25, -0.2) is 9.97 Å². The second-order valence-electron chi connectivity index (χ2n) is 9.42. The highest BCUT2D eigenvalue weighted by Gasteiger charge is 2.52. The Balaban J connectivity index is 1.38. The monoisotopic (exact) mass is 477 g/mol. The number of piperidine rings is 1. The Morgan fingerprint density at radius 1 is 1.19 bits per heavy atom. The molecule has 31 heavy (non-hydrogen) atoms. The number of hydrogen-bond acceptors (Lipinski definition) is 7. The standard InChI is InChI=1S/C22H29ClN5OPS/c1-22(25)9-11-28(12-10-22)18-13-26-21(20(24)27-18)31-17-4-2-3-16(19(17)23)30(29,14-5-6-14)15-7-8-15/h2-4,13-15H,5-12,25H2,1H3,(H2,24,27). The summed E-state index contributed by atoms with van der Waals surface area (Å²) >= 11 is 8.22. The van der Waals surface area contributed by atoms with Crippen molar-refractivity contribution in [1.29, 1.82) is 0 Å². The van der Waals surface area contributed by atoms with Crippen molar-refractivity contribution in [2.75, 3.05) is 23.7 Å². The maximum absolute atomic E-state index is 13.9. The van der Waals surface area contributed by atoms with Crippen LogP contribution in [0.2, 0.25) is 5.02 Å². The fourth-order valence-corrected chi connectivity index (χ4v) is 9.91. The maximum Gasteiger partial charge on any atom is 0.158 e. The first-order valence-electron chi connectivity index (χ1n) is 11.0.